The minimum atomic E-state index is -4.54. The Hall–Kier alpha value is -4.65. The lowest BCUT2D eigenvalue weighted by Crippen LogP contribution is -2.54. The van der Waals surface area contributed by atoms with E-state index in [2.05, 4.69) is 5.32 Å². The first kappa shape index (κ1) is 40.1. The van der Waals surface area contributed by atoms with E-state index in [9.17, 15) is 18.0 Å². The highest BCUT2D eigenvalue weighted by atomic mass is 35.5. The summed E-state index contributed by atoms with van der Waals surface area (Å²) in [5.41, 5.74) is 1.32. The predicted octanol–water partition coefficient (Wildman–Crippen LogP) is 6.78. The molecule has 2 atom stereocenters. The van der Waals surface area contributed by atoms with Crippen LogP contribution < -0.4 is 28.6 Å². The first-order chi connectivity index (χ1) is 24.9. The summed E-state index contributed by atoms with van der Waals surface area (Å²) in [6, 6.07) is 21.5. The van der Waals surface area contributed by atoms with Crippen molar-refractivity contribution in [3.8, 4) is 23.0 Å². The van der Waals surface area contributed by atoms with Crippen molar-refractivity contribution in [2.45, 2.75) is 50.2 Å². The third-order valence-electron chi connectivity index (χ3n) is 8.50. The highest BCUT2D eigenvalue weighted by Gasteiger charge is 2.36. The summed E-state index contributed by atoms with van der Waals surface area (Å²) < 4.78 is 52.1. The van der Waals surface area contributed by atoms with Crippen molar-refractivity contribution in [1.29, 1.82) is 0 Å². The molecule has 0 bridgehead atoms. The number of carbonyl (C=O) groups is 2. The Labute approximate surface area is 315 Å². The van der Waals surface area contributed by atoms with Crippen LogP contribution in [0.5, 0.6) is 23.0 Å². The van der Waals surface area contributed by atoms with E-state index in [0.717, 1.165) is 9.87 Å². The molecule has 0 aliphatic rings. The van der Waals surface area contributed by atoms with Gasteiger partial charge in [-0.15, -0.1) is 0 Å². The lowest BCUT2D eigenvalue weighted by Gasteiger charge is -2.34. The number of anilines is 1. The van der Waals surface area contributed by atoms with Gasteiger partial charge in [0.05, 0.1) is 39.0 Å². The summed E-state index contributed by atoms with van der Waals surface area (Å²) in [6.45, 7) is 2.92. The molecule has 1 N–H and O–H groups in total. The lowest BCUT2D eigenvalue weighted by atomic mass is 10.0. The summed E-state index contributed by atoms with van der Waals surface area (Å²) in [5, 5.41) is 3.67. The van der Waals surface area contributed by atoms with Crippen LogP contribution in [0.2, 0.25) is 10.0 Å². The molecule has 52 heavy (non-hydrogen) atoms. The molecule has 0 aliphatic heterocycles. The molecule has 0 radical (unpaired) electrons. The minimum absolute atomic E-state index is 0.0260. The number of halogens is 2. The summed E-state index contributed by atoms with van der Waals surface area (Å²) in [6.07, 6.45) is 0.776. The number of benzene rings is 4. The fraction of sp³-hybridized carbons (Fsp3) is 0.316. The molecule has 11 nitrogen and oxygen atoms in total. The van der Waals surface area contributed by atoms with Gasteiger partial charge in [-0.05, 0) is 60.9 Å². The normalized spacial score (nSPS) is 12.3. The van der Waals surface area contributed by atoms with Gasteiger partial charge in [-0.25, -0.2) is 8.42 Å². The fourth-order valence-electron chi connectivity index (χ4n) is 5.44. The number of nitrogens with one attached hydrogen (secondary N) is 1. The smallest absolute Gasteiger partial charge is 0.265 e. The minimum Gasteiger partial charge on any atom is -0.497 e. The number of methoxy groups -OCH3 is 4. The molecule has 0 heterocycles. The Kier molecular flexibility index (Phi) is 14.1. The molecular weight excluding hydrogens is 729 g/mol. The third kappa shape index (κ3) is 9.61. The van der Waals surface area contributed by atoms with Gasteiger partial charge in [0.1, 0.15) is 24.1 Å². The van der Waals surface area contributed by atoms with E-state index in [0.29, 0.717) is 28.5 Å². The average Bonchev–Trinajstić information content (AvgIpc) is 3.15. The highest BCUT2D eigenvalue weighted by Crippen LogP contribution is 2.38. The topological polar surface area (TPSA) is 124 Å². The van der Waals surface area contributed by atoms with Crippen LogP contribution in [0.4, 0.5) is 5.69 Å². The molecule has 4 aromatic carbocycles. The van der Waals surface area contributed by atoms with Gasteiger partial charge in [-0.2, -0.15) is 0 Å². The number of hydrogen-bond donors (Lipinski definition) is 1. The SMILES string of the molecule is CC[C@@H](C)NC(=O)[C@@H](Cc1ccccc1)N(Cc1ccc(Cl)cc1Cl)C(=O)CN(c1cc(OC)ccc1OC)S(=O)(=O)c1ccc(OC)c(OC)c1. The quantitative estimate of drug-likeness (QED) is 0.125. The predicted molar refractivity (Wildman–Crippen MR) is 202 cm³/mol. The van der Waals surface area contributed by atoms with Crippen LogP contribution >= 0.6 is 23.2 Å². The zero-order valence-electron chi connectivity index (χ0n) is 29.9. The molecule has 4 aromatic rings. The van der Waals surface area contributed by atoms with Crippen LogP contribution in [0.1, 0.15) is 31.4 Å². The molecule has 4 rings (SSSR count). The molecular formula is C38H43Cl2N3O8S. The van der Waals surface area contributed by atoms with Gasteiger partial charge >= 0.3 is 0 Å². The fourth-order valence-corrected chi connectivity index (χ4v) is 7.34. The molecule has 0 saturated heterocycles. The van der Waals surface area contributed by atoms with Crippen LogP contribution in [-0.4, -0.2) is 72.2 Å². The molecule has 14 heteroatoms. The zero-order chi connectivity index (χ0) is 38.0. The second kappa shape index (κ2) is 18.2. The molecule has 0 aliphatic carbocycles. The van der Waals surface area contributed by atoms with E-state index in [-0.39, 0.29) is 46.1 Å². The number of amides is 2. The monoisotopic (exact) mass is 771 g/mol. The summed E-state index contributed by atoms with van der Waals surface area (Å²) in [7, 11) is 1.10. The van der Waals surface area contributed by atoms with Gasteiger partial charge in [0.15, 0.2) is 11.5 Å². The van der Waals surface area contributed by atoms with Crippen molar-refractivity contribution in [3.63, 3.8) is 0 Å². The molecule has 0 saturated carbocycles. The largest absolute Gasteiger partial charge is 0.497 e. The Balaban J connectivity index is 1.92. The summed E-state index contributed by atoms with van der Waals surface area (Å²) in [5.74, 6) is -0.165. The van der Waals surface area contributed by atoms with Crippen molar-refractivity contribution in [2.75, 3.05) is 39.3 Å². The van der Waals surface area contributed by atoms with Gasteiger partial charge in [0.2, 0.25) is 11.8 Å². The van der Waals surface area contributed by atoms with Crippen molar-refractivity contribution < 1.29 is 37.0 Å². The standard InChI is InChI=1S/C38H43Cl2N3O8S/c1-7-25(2)41-38(45)33(19-26-11-9-8-10-12-26)42(23-27-13-14-28(39)20-31(27)40)37(44)24-43(32-21-29(48-3)15-17-34(32)49-4)52(46,47)30-16-18-35(50-5)36(22-30)51-6/h8-18,20-22,25,33H,7,19,23-24H2,1-6H3,(H,41,45)/t25-,33-/m1/s1. The average molecular weight is 773 g/mol. The van der Waals surface area contributed by atoms with E-state index < -0.39 is 34.4 Å². The van der Waals surface area contributed by atoms with Crippen molar-refractivity contribution in [2.24, 2.45) is 0 Å². The Bertz CT molecular complexity index is 1960. The first-order valence-electron chi connectivity index (χ1n) is 16.4. The number of nitrogens with zero attached hydrogens (tertiary/aromatic N) is 2. The molecule has 2 amide bonds. The van der Waals surface area contributed by atoms with Crippen molar-refractivity contribution >= 4 is 50.7 Å². The van der Waals surface area contributed by atoms with Crippen LogP contribution in [0.25, 0.3) is 0 Å². The second-order valence-electron chi connectivity index (χ2n) is 11.8. The van der Waals surface area contributed by atoms with Gasteiger partial charge in [-0.3, -0.25) is 13.9 Å². The summed E-state index contributed by atoms with van der Waals surface area (Å²) >= 11 is 12.8. The highest BCUT2D eigenvalue weighted by molar-refractivity contribution is 7.92. The number of ether oxygens (including phenoxy) is 4. The van der Waals surface area contributed by atoms with Gasteiger partial charge < -0.3 is 29.2 Å². The lowest BCUT2D eigenvalue weighted by molar-refractivity contribution is -0.140. The Morgan fingerprint density at radius 3 is 2.10 bits per heavy atom. The van der Waals surface area contributed by atoms with E-state index in [1.165, 1.54) is 57.6 Å². The number of carbonyl (C=O) groups excluding carboxylic acids is 2. The van der Waals surface area contributed by atoms with Crippen LogP contribution in [-0.2, 0) is 32.6 Å². The second-order valence-corrected chi connectivity index (χ2v) is 14.6. The van der Waals surface area contributed by atoms with Crippen LogP contribution in [0.15, 0.2) is 89.8 Å². The van der Waals surface area contributed by atoms with E-state index in [4.69, 9.17) is 42.1 Å². The number of sulfonamides is 1. The van der Waals surface area contributed by atoms with Crippen LogP contribution in [0, 0.1) is 0 Å². The molecule has 0 fully saturated rings. The molecule has 0 unspecified atom stereocenters. The first-order valence-corrected chi connectivity index (χ1v) is 18.6. The Morgan fingerprint density at radius 1 is 0.808 bits per heavy atom. The molecule has 278 valence electrons. The zero-order valence-corrected chi connectivity index (χ0v) is 32.2. The maximum Gasteiger partial charge on any atom is 0.265 e. The maximum atomic E-state index is 14.9. The number of rotatable bonds is 17. The maximum absolute atomic E-state index is 14.9. The van der Waals surface area contributed by atoms with Crippen molar-refractivity contribution in [1.82, 2.24) is 10.2 Å². The van der Waals surface area contributed by atoms with Gasteiger partial charge in [0, 0.05) is 41.2 Å². The number of hydrogen-bond acceptors (Lipinski definition) is 8. The van der Waals surface area contributed by atoms with Gasteiger partial charge in [0.25, 0.3) is 10.0 Å². The van der Waals surface area contributed by atoms with Crippen molar-refractivity contribution in [3.05, 3.63) is 106 Å². The van der Waals surface area contributed by atoms with E-state index in [1.807, 2.05) is 44.2 Å². The molecule has 0 spiro atoms. The third-order valence-corrected chi connectivity index (χ3v) is 10.8. The Morgan fingerprint density at radius 2 is 1.48 bits per heavy atom. The molecule has 0 aromatic heterocycles. The van der Waals surface area contributed by atoms with Gasteiger partial charge in [-0.1, -0.05) is 66.5 Å². The van der Waals surface area contributed by atoms with Crippen LogP contribution in [0.3, 0.4) is 0 Å². The van der Waals surface area contributed by atoms with E-state index in [1.54, 1.807) is 30.3 Å². The summed E-state index contributed by atoms with van der Waals surface area (Å²) in [4.78, 5) is 30.2. The van der Waals surface area contributed by atoms with E-state index >= 15 is 0 Å².